The van der Waals surface area contributed by atoms with Gasteiger partial charge in [-0.2, -0.15) is 0 Å². The third kappa shape index (κ3) is 2.72. The molecule has 0 saturated carbocycles. The Bertz CT molecular complexity index is 526. The number of carbonyl (C=O) groups is 1. The van der Waals surface area contributed by atoms with Gasteiger partial charge in [0.25, 0.3) is 5.91 Å². The predicted molar refractivity (Wildman–Crippen MR) is 70.6 cm³/mol. The third-order valence-corrected chi connectivity index (χ3v) is 3.81. The van der Waals surface area contributed by atoms with Crippen LogP contribution >= 0.6 is 11.8 Å². The summed E-state index contributed by atoms with van der Waals surface area (Å²) in [5.41, 5.74) is 3.10. The van der Waals surface area contributed by atoms with Crippen molar-refractivity contribution in [3.8, 4) is 0 Å². The standard InChI is InChI=1S/C12H14N4OS/c1-16-8-7-14-12(16)18-10(11(17)15-13)9-5-3-2-4-6-9/h2-8,10H,13H2,1H3,(H,15,17). The number of nitrogens with one attached hydrogen (secondary N) is 1. The Morgan fingerprint density at radius 3 is 2.72 bits per heavy atom. The van der Waals surface area contributed by atoms with Crippen molar-refractivity contribution in [3.05, 3.63) is 48.3 Å². The van der Waals surface area contributed by atoms with Crippen LogP contribution in [0.5, 0.6) is 0 Å². The molecule has 1 unspecified atom stereocenters. The topological polar surface area (TPSA) is 72.9 Å². The molecule has 0 fully saturated rings. The van der Waals surface area contributed by atoms with Crippen LogP contribution in [-0.2, 0) is 11.8 Å². The first-order chi connectivity index (χ1) is 8.72. The molecule has 18 heavy (non-hydrogen) atoms. The van der Waals surface area contributed by atoms with Crippen molar-refractivity contribution in [1.82, 2.24) is 15.0 Å². The number of amides is 1. The number of carbonyl (C=O) groups excluding carboxylic acids is 1. The Morgan fingerprint density at radius 2 is 2.17 bits per heavy atom. The van der Waals surface area contributed by atoms with Gasteiger partial charge < -0.3 is 4.57 Å². The monoisotopic (exact) mass is 262 g/mol. The van der Waals surface area contributed by atoms with Gasteiger partial charge in [0, 0.05) is 19.4 Å². The number of aromatic nitrogens is 2. The summed E-state index contributed by atoms with van der Waals surface area (Å²) in [6, 6.07) is 9.49. The number of hydrogen-bond acceptors (Lipinski definition) is 4. The molecule has 1 amide bonds. The maximum absolute atomic E-state index is 11.9. The Labute approximate surface area is 109 Å². The summed E-state index contributed by atoms with van der Waals surface area (Å²) in [5, 5.41) is 0.366. The number of hydrazine groups is 1. The molecule has 2 rings (SSSR count). The summed E-state index contributed by atoms with van der Waals surface area (Å²) in [6.45, 7) is 0. The number of aryl methyl sites for hydroxylation is 1. The smallest absolute Gasteiger partial charge is 0.251 e. The molecule has 0 aliphatic carbocycles. The van der Waals surface area contributed by atoms with E-state index in [1.807, 2.05) is 48.1 Å². The van der Waals surface area contributed by atoms with Crippen molar-refractivity contribution < 1.29 is 4.79 Å². The highest BCUT2D eigenvalue weighted by molar-refractivity contribution is 8.00. The molecule has 0 aliphatic heterocycles. The average molecular weight is 262 g/mol. The average Bonchev–Trinajstić information content (AvgIpc) is 2.81. The second kappa shape index (κ2) is 5.70. The van der Waals surface area contributed by atoms with Gasteiger partial charge in [-0.05, 0) is 5.56 Å². The van der Waals surface area contributed by atoms with Crippen LogP contribution < -0.4 is 11.3 Å². The second-order valence-electron chi connectivity index (χ2n) is 3.74. The SMILES string of the molecule is Cn1ccnc1SC(C(=O)NN)c1ccccc1. The lowest BCUT2D eigenvalue weighted by atomic mass is 10.1. The van der Waals surface area contributed by atoms with Crippen molar-refractivity contribution in [2.45, 2.75) is 10.4 Å². The Morgan fingerprint density at radius 1 is 1.44 bits per heavy atom. The van der Waals surface area contributed by atoms with Crippen LogP contribution in [0.15, 0.2) is 47.9 Å². The first-order valence-electron chi connectivity index (χ1n) is 5.41. The van der Waals surface area contributed by atoms with Gasteiger partial charge in [0.2, 0.25) is 0 Å². The molecule has 2 aromatic rings. The molecule has 1 heterocycles. The zero-order valence-corrected chi connectivity index (χ0v) is 10.7. The van der Waals surface area contributed by atoms with E-state index in [1.54, 1.807) is 6.20 Å². The van der Waals surface area contributed by atoms with Gasteiger partial charge in [-0.25, -0.2) is 10.8 Å². The largest absolute Gasteiger partial charge is 0.329 e. The van der Waals surface area contributed by atoms with Crippen molar-refractivity contribution >= 4 is 17.7 Å². The molecule has 1 aromatic heterocycles. The number of benzene rings is 1. The van der Waals surface area contributed by atoms with Crippen LogP contribution in [0.1, 0.15) is 10.8 Å². The highest BCUT2D eigenvalue weighted by atomic mass is 32.2. The van der Waals surface area contributed by atoms with E-state index in [0.717, 1.165) is 10.7 Å². The van der Waals surface area contributed by atoms with Crippen molar-refractivity contribution in [2.24, 2.45) is 12.9 Å². The summed E-state index contributed by atoms with van der Waals surface area (Å²) >= 11 is 1.37. The number of rotatable bonds is 4. The molecule has 6 heteroatoms. The third-order valence-electron chi connectivity index (χ3n) is 2.48. The minimum atomic E-state index is -0.405. The van der Waals surface area contributed by atoms with Crippen LogP contribution in [0.25, 0.3) is 0 Å². The molecule has 0 bridgehead atoms. The predicted octanol–water partition coefficient (Wildman–Crippen LogP) is 1.24. The van der Waals surface area contributed by atoms with Gasteiger partial charge in [-0.1, -0.05) is 42.1 Å². The molecular weight excluding hydrogens is 248 g/mol. The van der Waals surface area contributed by atoms with Gasteiger partial charge in [0.1, 0.15) is 5.25 Å². The molecule has 1 aromatic carbocycles. The number of nitrogens with two attached hydrogens (primary N) is 1. The van der Waals surface area contributed by atoms with Gasteiger partial charge in [-0.15, -0.1) is 0 Å². The molecule has 0 spiro atoms. The highest BCUT2D eigenvalue weighted by Crippen LogP contribution is 2.33. The van der Waals surface area contributed by atoms with E-state index in [1.165, 1.54) is 11.8 Å². The fourth-order valence-corrected chi connectivity index (χ4v) is 2.58. The molecular formula is C12H14N4OS. The van der Waals surface area contributed by atoms with E-state index in [2.05, 4.69) is 10.4 Å². The van der Waals surface area contributed by atoms with Crippen molar-refractivity contribution in [2.75, 3.05) is 0 Å². The second-order valence-corrected chi connectivity index (χ2v) is 4.81. The number of thioether (sulfide) groups is 1. The van der Waals surface area contributed by atoms with E-state index in [-0.39, 0.29) is 5.91 Å². The van der Waals surface area contributed by atoms with Gasteiger partial charge >= 0.3 is 0 Å². The molecule has 0 saturated heterocycles. The zero-order valence-electron chi connectivity index (χ0n) is 9.91. The van der Waals surface area contributed by atoms with E-state index >= 15 is 0 Å². The number of nitrogens with zero attached hydrogens (tertiary/aromatic N) is 2. The summed E-state index contributed by atoms with van der Waals surface area (Å²) in [4.78, 5) is 16.1. The summed E-state index contributed by atoms with van der Waals surface area (Å²) in [7, 11) is 1.89. The van der Waals surface area contributed by atoms with Crippen LogP contribution in [0, 0.1) is 0 Å². The Hall–Kier alpha value is -1.79. The molecule has 94 valence electrons. The highest BCUT2D eigenvalue weighted by Gasteiger charge is 2.22. The number of imidazole rings is 1. The van der Waals surface area contributed by atoms with Gasteiger partial charge in [-0.3, -0.25) is 10.2 Å². The number of hydrogen-bond donors (Lipinski definition) is 2. The normalized spacial score (nSPS) is 12.1. The summed E-state index contributed by atoms with van der Waals surface area (Å²) in [6.07, 6.45) is 3.54. The van der Waals surface area contributed by atoms with Crippen LogP contribution in [-0.4, -0.2) is 15.5 Å². The quantitative estimate of drug-likeness (QED) is 0.376. The minimum Gasteiger partial charge on any atom is -0.329 e. The lowest BCUT2D eigenvalue weighted by Crippen LogP contribution is -2.33. The first-order valence-corrected chi connectivity index (χ1v) is 6.29. The molecule has 1 atom stereocenters. The van der Waals surface area contributed by atoms with Crippen molar-refractivity contribution in [1.29, 1.82) is 0 Å². The maximum atomic E-state index is 11.9. The van der Waals surface area contributed by atoms with Crippen molar-refractivity contribution in [3.63, 3.8) is 0 Å². The van der Waals surface area contributed by atoms with Crippen LogP contribution in [0.4, 0.5) is 0 Å². The summed E-state index contributed by atoms with van der Waals surface area (Å²) < 4.78 is 1.87. The molecule has 3 N–H and O–H groups in total. The molecule has 0 radical (unpaired) electrons. The first kappa shape index (κ1) is 12.7. The summed E-state index contributed by atoms with van der Waals surface area (Å²) in [5.74, 6) is 5.00. The lowest BCUT2D eigenvalue weighted by molar-refractivity contribution is -0.120. The zero-order chi connectivity index (χ0) is 13.0. The molecule has 0 aliphatic rings. The van der Waals surface area contributed by atoms with E-state index in [0.29, 0.717) is 0 Å². The van der Waals surface area contributed by atoms with E-state index in [4.69, 9.17) is 5.84 Å². The minimum absolute atomic E-state index is 0.241. The van der Waals surface area contributed by atoms with E-state index in [9.17, 15) is 4.79 Å². The fraction of sp³-hybridized carbons (Fsp3) is 0.167. The van der Waals surface area contributed by atoms with Gasteiger partial charge in [0.15, 0.2) is 5.16 Å². The van der Waals surface area contributed by atoms with Crippen LogP contribution in [0.2, 0.25) is 0 Å². The molecule has 5 nitrogen and oxygen atoms in total. The van der Waals surface area contributed by atoms with Crippen LogP contribution in [0.3, 0.4) is 0 Å². The Balaban J connectivity index is 2.27. The Kier molecular flexibility index (Phi) is 4.01. The lowest BCUT2D eigenvalue weighted by Gasteiger charge is -2.14. The fourth-order valence-electron chi connectivity index (χ4n) is 1.55. The maximum Gasteiger partial charge on any atom is 0.251 e. The van der Waals surface area contributed by atoms with Gasteiger partial charge in [0.05, 0.1) is 0 Å². The van der Waals surface area contributed by atoms with E-state index < -0.39 is 5.25 Å².